The van der Waals surface area contributed by atoms with Gasteiger partial charge in [-0.15, -0.1) is 0 Å². The van der Waals surface area contributed by atoms with E-state index in [1.165, 1.54) is 6.07 Å². The molecular formula is C17H19N3O3S. The summed E-state index contributed by atoms with van der Waals surface area (Å²) in [6.45, 7) is 2.47. The summed E-state index contributed by atoms with van der Waals surface area (Å²) in [7, 11) is -3.71. The molecule has 0 aliphatic rings. The van der Waals surface area contributed by atoms with Crippen molar-refractivity contribution in [3.05, 3.63) is 60.0 Å². The van der Waals surface area contributed by atoms with Crippen LogP contribution in [0.25, 0.3) is 11.1 Å². The number of oxazole rings is 1. The first kappa shape index (κ1) is 16.6. The number of hydrogen-bond donors (Lipinski definition) is 2. The number of nitrogens with two attached hydrogens (primary N) is 1. The largest absolute Gasteiger partial charge is 0.439 e. The summed E-state index contributed by atoms with van der Waals surface area (Å²) in [6.07, 6.45) is 0.786. The lowest BCUT2D eigenvalue weighted by atomic mass is 10.0. The number of nitrogens with zero attached hydrogens (tertiary/aromatic N) is 1. The molecule has 0 amide bonds. The minimum Gasteiger partial charge on any atom is -0.439 e. The third kappa shape index (κ3) is 3.64. The summed E-state index contributed by atoms with van der Waals surface area (Å²) in [5, 5.41) is 8.55. The van der Waals surface area contributed by atoms with Crippen molar-refractivity contribution in [3.63, 3.8) is 0 Å². The average molecular weight is 345 g/mol. The van der Waals surface area contributed by atoms with Crippen molar-refractivity contribution in [1.29, 1.82) is 0 Å². The SMILES string of the molecule is CC[C@@H](NCc1nc2ccccc2o1)c1cccc(S(N)(=O)=O)c1. The predicted octanol–water partition coefficient (Wildman–Crippen LogP) is 2.72. The van der Waals surface area contributed by atoms with Crippen LogP contribution < -0.4 is 10.5 Å². The van der Waals surface area contributed by atoms with Gasteiger partial charge in [-0.2, -0.15) is 0 Å². The van der Waals surface area contributed by atoms with Gasteiger partial charge in [0.05, 0.1) is 11.4 Å². The zero-order valence-corrected chi connectivity index (χ0v) is 14.1. The van der Waals surface area contributed by atoms with Gasteiger partial charge in [0, 0.05) is 6.04 Å². The van der Waals surface area contributed by atoms with Gasteiger partial charge >= 0.3 is 0 Å². The van der Waals surface area contributed by atoms with Crippen LogP contribution in [0.5, 0.6) is 0 Å². The molecular weight excluding hydrogens is 326 g/mol. The number of nitrogens with one attached hydrogen (secondary N) is 1. The fourth-order valence-corrected chi connectivity index (χ4v) is 3.18. The van der Waals surface area contributed by atoms with Crippen molar-refractivity contribution >= 4 is 21.1 Å². The highest BCUT2D eigenvalue weighted by Gasteiger charge is 2.14. The molecule has 0 saturated carbocycles. The lowest BCUT2D eigenvalue weighted by molar-refractivity contribution is 0.447. The lowest BCUT2D eigenvalue weighted by Gasteiger charge is -2.17. The number of primary sulfonamides is 1. The number of para-hydroxylation sites is 2. The van der Waals surface area contributed by atoms with Crippen LogP contribution in [0.1, 0.15) is 30.8 Å². The topological polar surface area (TPSA) is 98.2 Å². The van der Waals surface area contributed by atoms with E-state index in [-0.39, 0.29) is 10.9 Å². The van der Waals surface area contributed by atoms with Crippen LogP contribution in [0.3, 0.4) is 0 Å². The van der Waals surface area contributed by atoms with Gasteiger partial charge < -0.3 is 9.73 Å². The van der Waals surface area contributed by atoms with Crippen LogP contribution >= 0.6 is 0 Å². The van der Waals surface area contributed by atoms with Crippen molar-refractivity contribution in [2.24, 2.45) is 5.14 Å². The van der Waals surface area contributed by atoms with E-state index in [9.17, 15) is 8.42 Å². The third-order valence-electron chi connectivity index (χ3n) is 3.84. The summed E-state index contributed by atoms with van der Waals surface area (Å²) in [5.41, 5.74) is 2.43. The van der Waals surface area contributed by atoms with Gasteiger partial charge in [-0.25, -0.2) is 18.5 Å². The zero-order chi connectivity index (χ0) is 17.2. The normalized spacial score (nSPS) is 13.2. The van der Waals surface area contributed by atoms with Gasteiger partial charge in [-0.1, -0.05) is 31.2 Å². The molecule has 1 atom stereocenters. The molecule has 0 saturated heterocycles. The predicted molar refractivity (Wildman–Crippen MR) is 91.7 cm³/mol. The van der Waals surface area contributed by atoms with Crippen molar-refractivity contribution in [3.8, 4) is 0 Å². The van der Waals surface area contributed by atoms with E-state index in [0.29, 0.717) is 12.4 Å². The minimum absolute atomic E-state index is 0.0262. The van der Waals surface area contributed by atoms with E-state index < -0.39 is 10.0 Å². The first-order valence-corrected chi connectivity index (χ1v) is 9.22. The van der Waals surface area contributed by atoms with Crippen molar-refractivity contribution in [2.75, 3.05) is 0 Å². The standard InChI is InChI=1S/C17H19N3O3S/c1-2-14(12-6-5-7-13(10-12)24(18,21)22)19-11-17-20-15-8-3-4-9-16(15)23-17/h3-10,14,19H,2,11H2,1H3,(H2,18,21,22)/t14-/m1/s1. The number of aromatic nitrogens is 1. The maximum Gasteiger partial charge on any atom is 0.238 e. The molecule has 126 valence electrons. The number of benzene rings is 2. The average Bonchev–Trinajstić information content (AvgIpc) is 2.98. The molecule has 0 aliphatic carbocycles. The third-order valence-corrected chi connectivity index (χ3v) is 4.75. The second-order valence-electron chi connectivity index (χ2n) is 5.53. The molecule has 0 bridgehead atoms. The number of sulfonamides is 1. The maximum atomic E-state index is 11.5. The van der Waals surface area contributed by atoms with Crippen molar-refractivity contribution in [1.82, 2.24) is 10.3 Å². The Morgan fingerprint density at radius 3 is 2.71 bits per heavy atom. The minimum atomic E-state index is -3.71. The fraction of sp³-hybridized carbons (Fsp3) is 0.235. The van der Waals surface area contributed by atoms with Crippen LogP contribution in [0.15, 0.2) is 57.8 Å². The molecule has 3 rings (SSSR count). The van der Waals surface area contributed by atoms with E-state index in [0.717, 1.165) is 23.1 Å². The van der Waals surface area contributed by atoms with Gasteiger partial charge in [-0.3, -0.25) is 0 Å². The zero-order valence-electron chi connectivity index (χ0n) is 13.3. The molecule has 2 aromatic carbocycles. The monoisotopic (exact) mass is 345 g/mol. The fourth-order valence-electron chi connectivity index (χ4n) is 2.61. The highest BCUT2D eigenvalue weighted by molar-refractivity contribution is 7.89. The van der Waals surface area contributed by atoms with Crippen LogP contribution in [-0.4, -0.2) is 13.4 Å². The number of hydrogen-bond acceptors (Lipinski definition) is 5. The van der Waals surface area contributed by atoms with Crippen LogP contribution in [0, 0.1) is 0 Å². The number of fused-ring (bicyclic) bond motifs is 1. The lowest BCUT2D eigenvalue weighted by Crippen LogP contribution is -2.21. The second-order valence-corrected chi connectivity index (χ2v) is 7.10. The first-order chi connectivity index (χ1) is 11.5. The molecule has 7 heteroatoms. The Morgan fingerprint density at radius 1 is 1.21 bits per heavy atom. The van der Waals surface area contributed by atoms with E-state index in [4.69, 9.17) is 9.56 Å². The van der Waals surface area contributed by atoms with Gasteiger partial charge in [-0.05, 0) is 36.2 Å². The molecule has 6 nitrogen and oxygen atoms in total. The van der Waals surface area contributed by atoms with E-state index in [2.05, 4.69) is 10.3 Å². The van der Waals surface area contributed by atoms with Gasteiger partial charge in [0.2, 0.25) is 15.9 Å². The van der Waals surface area contributed by atoms with Crippen LogP contribution in [0.2, 0.25) is 0 Å². The van der Waals surface area contributed by atoms with Gasteiger partial charge in [0.1, 0.15) is 5.52 Å². The molecule has 1 heterocycles. The van der Waals surface area contributed by atoms with Gasteiger partial charge in [0.15, 0.2) is 5.58 Å². The van der Waals surface area contributed by atoms with E-state index in [1.807, 2.05) is 37.3 Å². The Morgan fingerprint density at radius 2 is 2.00 bits per heavy atom. The Hall–Kier alpha value is -2.22. The molecule has 3 aromatic rings. The van der Waals surface area contributed by atoms with Crippen LogP contribution in [0.4, 0.5) is 0 Å². The molecule has 0 spiro atoms. The van der Waals surface area contributed by atoms with Crippen molar-refractivity contribution < 1.29 is 12.8 Å². The Balaban J connectivity index is 1.77. The summed E-state index contributed by atoms with van der Waals surface area (Å²) >= 11 is 0. The molecule has 0 radical (unpaired) electrons. The molecule has 3 N–H and O–H groups in total. The van der Waals surface area contributed by atoms with Crippen molar-refractivity contribution in [2.45, 2.75) is 30.8 Å². The maximum absolute atomic E-state index is 11.5. The van der Waals surface area contributed by atoms with Gasteiger partial charge in [0.25, 0.3) is 0 Å². The smallest absolute Gasteiger partial charge is 0.238 e. The Bertz CT molecular complexity index is 917. The summed E-state index contributed by atoms with van der Waals surface area (Å²) in [6, 6.07) is 14.2. The van der Waals surface area contributed by atoms with E-state index in [1.54, 1.807) is 12.1 Å². The Kier molecular flexibility index (Phi) is 4.66. The molecule has 1 aromatic heterocycles. The summed E-state index contributed by atoms with van der Waals surface area (Å²) in [5.74, 6) is 0.595. The molecule has 0 aliphatic heterocycles. The highest BCUT2D eigenvalue weighted by atomic mass is 32.2. The quantitative estimate of drug-likeness (QED) is 0.716. The Labute approximate surface area is 140 Å². The van der Waals surface area contributed by atoms with E-state index >= 15 is 0 Å². The summed E-state index contributed by atoms with van der Waals surface area (Å²) < 4.78 is 28.7. The van der Waals surface area contributed by atoms with Crippen LogP contribution in [-0.2, 0) is 16.6 Å². The summed E-state index contributed by atoms with van der Waals surface area (Å²) in [4.78, 5) is 4.54. The second kappa shape index (κ2) is 6.72. The highest BCUT2D eigenvalue weighted by Crippen LogP contribution is 2.21. The first-order valence-electron chi connectivity index (χ1n) is 7.68. The molecule has 24 heavy (non-hydrogen) atoms. The molecule has 0 unspecified atom stereocenters. The number of rotatable bonds is 6. The molecule has 0 fully saturated rings.